The number of carbonyl (C=O) groups is 2. The van der Waals surface area contributed by atoms with Crippen molar-refractivity contribution in [1.29, 1.82) is 0 Å². The Morgan fingerprint density at radius 2 is 1.30 bits per heavy atom. The molecule has 0 aliphatic carbocycles. The molecule has 12 nitrogen and oxygen atoms in total. The zero-order valence-corrected chi connectivity index (χ0v) is 33.9. The third kappa shape index (κ3) is 22.6. The standard InChI is InChI=1S/C15H22O4S2.C10H10F3N2.C9H18O2.CH4O4S/c1-13-7-9-15(10-8-13)21(17,18)20-12-6-4-3-5-11-19-14(2)16;1-14-7-5-3-4-6-8(7)15(2)9(14)10(11,12)13;1-3-4-5-6-7-8-11-9(2)10;1-5-6(2,3)4/h7-10H,3-6,11-12H2,1-2H3;3-6H,1-2H3;3-8H2,1-2H3;1H3,(H,2,3,4)/q;+1;;/p-1. The van der Waals surface area contributed by atoms with E-state index >= 15 is 0 Å². The van der Waals surface area contributed by atoms with Crippen LogP contribution in [-0.2, 0) is 62.8 Å². The van der Waals surface area contributed by atoms with E-state index in [-0.39, 0.29) is 11.9 Å². The average molecular weight is 815 g/mol. The first-order valence-electron chi connectivity index (χ1n) is 16.9. The highest BCUT2D eigenvalue weighted by Gasteiger charge is 2.45. The molecule has 0 spiro atoms. The lowest BCUT2D eigenvalue weighted by molar-refractivity contribution is -0.667. The first-order chi connectivity index (χ1) is 24.7. The fraction of sp³-hybridized carbons (Fsp3) is 0.571. The van der Waals surface area contributed by atoms with Crippen molar-refractivity contribution >= 4 is 53.0 Å². The Balaban J connectivity index is 0.000000739. The van der Waals surface area contributed by atoms with Gasteiger partial charge in [-0.25, -0.2) is 26.0 Å². The molecular weight excluding hydrogens is 762 g/mol. The molecule has 0 unspecified atom stereocenters. The second kappa shape index (κ2) is 25.8. The van der Waals surface area contributed by atoms with Crippen molar-refractivity contribution in [3.05, 3.63) is 59.9 Å². The normalized spacial score (nSPS) is 11.3. The summed E-state index contributed by atoms with van der Waals surface area (Å²) in [5, 5.41) is 0. The number of hydrogen-bond acceptors (Lipinski definition) is 11. The van der Waals surface area contributed by atoms with Crippen LogP contribution in [0.3, 0.4) is 0 Å². The van der Waals surface area contributed by atoms with E-state index in [1.165, 1.54) is 53.6 Å². The molecule has 1 heterocycles. The van der Waals surface area contributed by atoms with Crippen molar-refractivity contribution in [3.63, 3.8) is 0 Å². The molecule has 0 N–H and O–H groups in total. The van der Waals surface area contributed by atoms with E-state index in [2.05, 4.69) is 11.1 Å². The summed E-state index contributed by atoms with van der Waals surface area (Å²) in [5.74, 6) is -0.483. The van der Waals surface area contributed by atoms with E-state index in [1.54, 1.807) is 36.4 Å². The minimum atomic E-state index is -4.41. The summed E-state index contributed by atoms with van der Waals surface area (Å²) in [6.45, 7) is 8.01. The minimum Gasteiger partial charge on any atom is -0.726 e. The van der Waals surface area contributed by atoms with Gasteiger partial charge in [-0.05, 0) is 61.2 Å². The maximum Gasteiger partial charge on any atom is 0.495 e. The number of aryl methyl sites for hydroxylation is 3. The highest BCUT2D eigenvalue weighted by atomic mass is 33.1. The Kier molecular flexibility index (Phi) is 24.2. The number of carbonyl (C=O) groups excluding carboxylic acids is 2. The summed E-state index contributed by atoms with van der Waals surface area (Å²) in [6.07, 6.45) is 5.23. The second-order valence-corrected chi connectivity index (χ2v) is 16.8. The molecule has 0 radical (unpaired) electrons. The van der Waals surface area contributed by atoms with Crippen molar-refractivity contribution in [1.82, 2.24) is 4.57 Å². The van der Waals surface area contributed by atoms with E-state index in [0.29, 0.717) is 34.9 Å². The Bertz CT molecular complexity index is 1690. The summed E-state index contributed by atoms with van der Waals surface area (Å²) < 4.78 is 105. The number of rotatable bonds is 16. The smallest absolute Gasteiger partial charge is 0.495 e. The van der Waals surface area contributed by atoms with Gasteiger partial charge in [0.05, 0.1) is 39.3 Å². The fourth-order valence-corrected chi connectivity index (χ4v) is 7.40. The van der Waals surface area contributed by atoms with Crippen molar-refractivity contribution in [3.8, 4) is 0 Å². The average Bonchev–Trinajstić information content (AvgIpc) is 3.34. The Labute approximate surface area is 315 Å². The number of ether oxygens (including phenoxy) is 2. The number of unbranched alkanes of at least 4 members (excludes halogenated alkanes) is 7. The number of hydrogen-bond donors (Lipinski definition) is 0. The van der Waals surface area contributed by atoms with Gasteiger partial charge >= 0.3 is 23.9 Å². The maximum absolute atomic E-state index is 12.7. The molecule has 2 aromatic carbocycles. The van der Waals surface area contributed by atoms with Crippen molar-refractivity contribution in [2.45, 2.75) is 96.6 Å². The van der Waals surface area contributed by atoms with Crippen LogP contribution in [0.1, 0.15) is 89.9 Å². The van der Waals surface area contributed by atoms with Crippen LogP contribution in [0.25, 0.3) is 11.0 Å². The van der Waals surface area contributed by atoms with E-state index in [4.69, 9.17) is 9.47 Å². The number of esters is 2. The van der Waals surface area contributed by atoms with Crippen LogP contribution in [0.4, 0.5) is 13.2 Å². The van der Waals surface area contributed by atoms with Gasteiger partial charge in [-0.1, -0.05) is 75.3 Å². The third-order valence-corrected chi connectivity index (χ3v) is 11.2. The second-order valence-electron chi connectivity index (χ2n) is 11.6. The molecule has 0 fully saturated rings. The van der Waals surface area contributed by atoms with E-state index in [0.717, 1.165) is 64.7 Å². The van der Waals surface area contributed by atoms with Crippen molar-refractivity contribution in [2.24, 2.45) is 14.1 Å². The number of halogens is 3. The highest BCUT2D eigenvalue weighted by Crippen LogP contribution is 2.29. The Morgan fingerprint density at radius 3 is 1.74 bits per heavy atom. The number of benzene rings is 2. The molecule has 18 heteroatoms. The number of nitrogens with zero attached hydrogens (tertiary/aromatic N) is 2. The van der Waals surface area contributed by atoms with Crippen LogP contribution in [0, 0.1) is 6.92 Å². The lowest BCUT2D eigenvalue weighted by Gasteiger charge is -2.05. The summed E-state index contributed by atoms with van der Waals surface area (Å²) in [6, 6.07) is 13.7. The summed E-state index contributed by atoms with van der Waals surface area (Å²) >= 11 is 0. The number of fused-ring (bicyclic) bond motifs is 1. The van der Waals surface area contributed by atoms with Gasteiger partial charge < -0.3 is 14.0 Å². The quantitative estimate of drug-likeness (QED) is 0.0360. The van der Waals surface area contributed by atoms with Gasteiger partial charge in [-0.15, -0.1) is 0 Å². The predicted molar refractivity (Wildman–Crippen MR) is 197 cm³/mol. The van der Waals surface area contributed by atoms with Gasteiger partial charge in [0.25, 0.3) is 0 Å². The molecule has 3 aromatic rings. The van der Waals surface area contributed by atoms with Crippen LogP contribution < -0.4 is 4.57 Å². The number of imidazole rings is 1. The van der Waals surface area contributed by atoms with E-state index in [9.17, 15) is 44.1 Å². The number of alkyl halides is 3. The lowest BCUT2D eigenvalue weighted by atomic mass is 10.2. The molecule has 0 saturated heterocycles. The number of para-hydroxylation sites is 2. The minimum absolute atomic E-state index is 0.166. The van der Waals surface area contributed by atoms with E-state index < -0.39 is 31.3 Å². The van der Waals surface area contributed by atoms with Gasteiger partial charge in [-0.2, -0.15) is 13.2 Å². The molecule has 0 amide bonds. The molecular formula is C35H53F3N2O10S3. The van der Waals surface area contributed by atoms with Crippen LogP contribution in [0.15, 0.2) is 53.4 Å². The third-order valence-electron chi connectivity index (χ3n) is 7.14. The highest BCUT2D eigenvalue weighted by molar-refractivity contribution is 8.72. The zero-order valence-electron chi connectivity index (χ0n) is 31.4. The maximum atomic E-state index is 12.7. The monoisotopic (exact) mass is 814 g/mol. The van der Waals surface area contributed by atoms with Gasteiger partial charge in [0.15, 0.2) is 11.0 Å². The summed E-state index contributed by atoms with van der Waals surface area (Å²) in [5.41, 5.74) is 2.20. The summed E-state index contributed by atoms with van der Waals surface area (Å²) in [4.78, 5) is 21.2. The SMILES string of the molecule is CC(=O)OCCCCCCSS(=O)(=O)c1ccc(C)cc1.CCCCCCCOC(C)=O.COS(=O)(=O)[O-].Cn1c(C(F)(F)F)[n+](C)c2ccccc21. The first-order valence-corrected chi connectivity index (χ1v) is 21.2. The van der Waals surface area contributed by atoms with Crippen molar-refractivity contribution < 1.29 is 62.4 Å². The van der Waals surface area contributed by atoms with Gasteiger partial charge in [0.2, 0.25) is 19.3 Å². The fourth-order valence-electron chi connectivity index (χ4n) is 4.50. The number of aromatic nitrogens is 2. The van der Waals surface area contributed by atoms with Crippen LogP contribution in [0.5, 0.6) is 0 Å². The molecule has 0 bridgehead atoms. The molecule has 53 heavy (non-hydrogen) atoms. The topological polar surface area (TPSA) is 162 Å². The molecule has 0 saturated carbocycles. The van der Waals surface area contributed by atoms with Gasteiger partial charge in [0.1, 0.15) is 0 Å². The lowest BCUT2D eigenvalue weighted by Crippen LogP contribution is -2.37. The largest absolute Gasteiger partial charge is 0.726 e. The predicted octanol–water partition coefficient (Wildman–Crippen LogP) is 7.17. The molecule has 302 valence electrons. The first kappa shape index (κ1) is 49.8. The molecule has 0 aliphatic rings. The molecule has 1 aromatic heterocycles. The van der Waals surface area contributed by atoms with Crippen LogP contribution in [-0.4, -0.2) is 64.0 Å². The Morgan fingerprint density at radius 1 is 0.830 bits per heavy atom. The molecule has 0 aliphatic heterocycles. The van der Waals surface area contributed by atoms with E-state index in [1.807, 2.05) is 19.1 Å². The van der Waals surface area contributed by atoms with Gasteiger partial charge in [0, 0.05) is 19.6 Å². The summed E-state index contributed by atoms with van der Waals surface area (Å²) in [7, 11) is -3.01. The molecule has 3 rings (SSSR count). The van der Waals surface area contributed by atoms with Crippen molar-refractivity contribution in [2.75, 3.05) is 26.1 Å². The van der Waals surface area contributed by atoms with Crippen LogP contribution in [0.2, 0.25) is 0 Å². The molecule has 0 atom stereocenters. The van der Waals surface area contributed by atoms with Crippen LogP contribution >= 0.6 is 10.8 Å². The zero-order chi connectivity index (χ0) is 40.7. The Hall–Kier alpha value is -3.19. The van der Waals surface area contributed by atoms with Gasteiger partial charge in [-0.3, -0.25) is 13.8 Å².